The van der Waals surface area contributed by atoms with Gasteiger partial charge in [0.05, 0.1) is 12.7 Å². The van der Waals surface area contributed by atoms with Crippen LogP contribution in [0.2, 0.25) is 0 Å². The Morgan fingerprint density at radius 1 is 1.79 bits per heavy atom. The summed E-state index contributed by atoms with van der Waals surface area (Å²) in [5.41, 5.74) is 1.01. The van der Waals surface area contributed by atoms with Gasteiger partial charge in [-0.05, 0) is 13.8 Å². The highest BCUT2D eigenvalue weighted by atomic mass is 16.4. The van der Waals surface area contributed by atoms with Gasteiger partial charge >= 0.3 is 5.97 Å². The Morgan fingerprint density at radius 2 is 2.50 bits per heavy atom. The molecule has 78 valence electrons. The molecule has 0 bridgehead atoms. The van der Waals surface area contributed by atoms with Gasteiger partial charge in [0.25, 0.3) is 0 Å². The van der Waals surface area contributed by atoms with E-state index in [-0.39, 0.29) is 12.6 Å². The van der Waals surface area contributed by atoms with Crippen molar-refractivity contribution in [2.24, 2.45) is 0 Å². The zero-order valence-corrected chi connectivity index (χ0v) is 8.40. The second kappa shape index (κ2) is 4.76. The number of carboxylic acid groups (broad SMARTS) is 1. The maximum absolute atomic E-state index is 10.3. The first-order valence-corrected chi connectivity index (χ1v) is 4.61. The zero-order chi connectivity index (χ0) is 10.6. The molecule has 1 rings (SSSR count). The Labute approximate surface area is 82.7 Å². The summed E-state index contributed by atoms with van der Waals surface area (Å²) in [7, 11) is 0. The third-order valence-corrected chi connectivity index (χ3v) is 2.04. The lowest BCUT2D eigenvalue weighted by atomic mass is 10.2. The van der Waals surface area contributed by atoms with E-state index in [0.717, 1.165) is 12.1 Å². The molecule has 0 fully saturated rings. The molecule has 0 radical (unpaired) electrons. The molecule has 0 aliphatic rings. The first-order valence-electron chi connectivity index (χ1n) is 4.61. The molecule has 0 saturated heterocycles. The minimum Gasteiger partial charge on any atom is -0.480 e. The van der Waals surface area contributed by atoms with Crippen LogP contribution < -0.4 is 5.32 Å². The number of carbonyl (C=O) groups is 1. The van der Waals surface area contributed by atoms with Gasteiger partial charge in [0.15, 0.2) is 0 Å². The van der Waals surface area contributed by atoms with Crippen LogP contribution in [0.15, 0.2) is 12.4 Å². The van der Waals surface area contributed by atoms with E-state index in [9.17, 15) is 4.79 Å². The minimum atomic E-state index is -0.847. The van der Waals surface area contributed by atoms with Gasteiger partial charge in [-0.2, -0.15) is 5.10 Å². The van der Waals surface area contributed by atoms with E-state index >= 15 is 0 Å². The minimum absolute atomic E-state index is 0.0198. The number of rotatable bonds is 5. The highest BCUT2D eigenvalue weighted by Crippen LogP contribution is 2.09. The van der Waals surface area contributed by atoms with E-state index in [1.165, 1.54) is 0 Å². The quantitative estimate of drug-likeness (QED) is 0.726. The molecule has 1 atom stereocenters. The molecule has 5 nitrogen and oxygen atoms in total. The number of aliphatic carboxylic acids is 1. The average molecular weight is 197 g/mol. The summed E-state index contributed by atoms with van der Waals surface area (Å²) in [6.45, 7) is 4.72. The van der Waals surface area contributed by atoms with Crippen molar-refractivity contribution in [3.8, 4) is 0 Å². The lowest BCUT2D eigenvalue weighted by Crippen LogP contribution is -2.25. The fourth-order valence-corrected chi connectivity index (χ4v) is 1.13. The van der Waals surface area contributed by atoms with Gasteiger partial charge in [-0.15, -0.1) is 0 Å². The third-order valence-electron chi connectivity index (χ3n) is 2.04. The second-order valence-electron chi connectivity index (χ2n) is 3.13. The number of hydrogen-bond donors (Lipinski definition) is 2. The van der Waals surface area contributed by atoms with Crippen LogP contribution in [0.25, 0.3) is 0 Å². The van der Waals surface area contributed by atoms with E-state index in [0.29, 0.717) is 0 Å². The number of hydrogen-bond acceptors (Lipinski definition) is 3. The van der Waals surface area contributed by atoms with E-state index in [2.05, 4.69) is 10.4 Å². The van der Waals surface area contributed by atoms with Gasteiger partial charge in [-0.1, -0.05) is 0 Å². The van der Waals surface area contributed by atoms with Crippen molar-refractivity contribution in [1.82, 2.24) is 15.1 Å². The normalized spacial score (nSPS) is 12.7. The average Bonchev–Trinajstić information content (AvgIpc) is 2.62. The van der Waals surface area contributed by atoms with Crippen molar-refractivity contribution >= 4 is 5.97 Å². The molecule has 14 heavy (non-hydrogen) atoms. The van der Waals surface area contributed by atoms with Crippen LogP contribution >= 0.6 is 0 Å². The van der Waals surface area contributed by atoms with Gasteiger partial charge in [-0.25, -0.2) is 0 Å². The summed E-state index contributed by atoms with van der Waals surface area (Å²) in [5, 5.41) is 15.5. The number of aryl methyl sites for hydroxylation is 1. The first kappa shape index (κ1) is 10.7. The molecule has 5 heteroatoms. The van der Waals surface area contributed by atoms with E-state index in [1.54, 1.807) is 6.20 Å². The Bertz CT molecular complexity index is 309. The van der Waals surface area contributed by atoms with Crippen LogP contribution in [0.3, 0.4) is 0 Å². The van der Waals surface area contributed by atoms with Crippen molar-refractivity contribution in [3.63, 3.8) is 0 Å². The predicted molar refractivity (Wildman–Crippen MR) is 52.0 cm³/mol. The molecule has 2 N–H and O–H groups in total. The Morgan fingerprint density at radius 3 is 3.00 bits per heavy atom. The van der Waals surface area contributed by atoms with Crippen molar-refractivity contribution in [2.45, 2.75) is 26.4 Å². The molecule has 1 aromatic heterocycles. The maximum Gasteiger partial charge on any atom is 0.317 e. The van der Waals surface area contributed by atoms with Crippen LogP contribution in [0.1, 0.15) is 25.5 Å². The van der Waals surface area contributed by atoms with Crippen LogP contribution in [0.4, 0.5) is 0 Å². The van der Waals surface area contributed by atoms with Crippen LogP contribution in [-0.2, 0) is 11.3 Å². The van der Waals surface area contributed by atoms with Gasteiger partial charge in [0.1, 0.15) is 0 Å². The lowest BCUT2D eigenvalue weighted by molar-refractivity contribution is -0.136. The van der Waals surface area contributed by atoms with Crippen LogP contribution in [0, 0.1) is 0 Å². The van der Waals surface area contributed by atoms with Gasteiger partial charge in [-0.3, -0.25) is 9.48 Å². The number of aromatic nitrogens is 2. The Hall–Kier alpha value is -1.36. The Balaban J connectivity index is 2.51. The fraction of sp³-hybridized carbons (Fsp3) is 0.556. The van der Waals surface area contributed by atoms with Gasteiger partial charge in [0.2, 0.25) is 0 Å². The first-order chi connectivity index (χ1) is 6.63. The fourth-order valence-electron chi connectivity index (χ4n) is 1.13. The molecule has 0 amide bonds. The highest BCUT2D eigenvalue weighted by Gasteiger charge is 2.08. The SMILES string of the molecule is CCn1cc(C(C)NCC(=O)O)cn1. The molecule has 0 aliphatic carbocycles. The number of nitrogens with zero attached hydrogens (tertiary/aromatic N) is 2. The van der Waals surface area contributed by atoms with Crippen molar-refractivity contribution in [2.75, 3.05) is 6.54 Å². The Kier molecular flexibility index (Phi) is 3.64. The largest absolute Gasteiger partial charge is 0.480 e. The molecule has 0 spiro atoms. The standard InChI is InChI=1S/C9H15N3O2/c1-3-12-6-8(4-11-12)7(2)10-5-9(13)14/h4,6-7,10H,3,5H2,1-2H3,(H,13,14). The molecular formula is C9H15N3O2. The van der Waals surface area contributed by atoms with Gasteiger partial charge < -0.3 is 10.4 Å². The monoisotopic (exact) mass is 197 g/mol. The van der Waals surface area contributed by atoms with E-state index in [1.807, 2.05) is 24.7 Å². The highest BCUT2D eigenvalue weighted by molar-refractivity contribution is 5.69. The number of carboxylic acids is 1. The molecule has 1 aromatic rings. The summed E-state index contributed by atoms with van der Waals surface area (Å²) in [6.07, 6.45) is 3.67. The summed E-state index contributed by atoms with van der Waals surface area (Å²) in [4.78, 5) is 10.3. The smallest absolute Gasteiger partial charge is 0.317 e. The summed E-state index contributed by atoms with van der Waals surface area (Å²) in [6, 6.07) is 0.0198. The summed E-state index contributed by atoms with van der Waals surface area (Å²) in [5.74, 6) is -0.847. The lowest BCUT2D eigenvalue weighted by Gasteiger charge is -2.08. The molecule has 1 heterocycles. The summed E-state index contributed by atoms with van der Waals surface area (Å²) < 4.78 is 1.81. The van der Waals surface area contributed by atoms with E-state index < -0.39 is 5.97 Å². The van der Waals surface area contributed by atoms with Crippen molar-refractivity contribution in [1.29, 1.82) is 0 Å². The maximum atomic E-state index is 10.3. The molecule has 0 saturated carbocycles. The van der Waals surface area contributed by atoms with Crippen LogP contribution in [-0.4, -0.2) is 27.4 Å². The number of nitrogens with one attached hydrogen (secondary N) is 1. The van der Waals surface area contributed by atoms with Crippen molar-refractivity contribution < 1.29 is 9.90 Å². The molecule has 0 aliphatic heterocycles. The van der Waals surface area contributed by atoms with Crippen LogP contribution in [0.5, 0.6) is 0 Å². The predicted octanol–water partition coefficient (Wildman–Crippen LogP) is 0.638. The molecule has 0 aromatic carbocycles. The van der Waals surface area contributed by atoms with Gasteiger partial charge in [0, 0.05) is 24.3 Å². The second-order valence-corrected chi connectivity index (χ2v) is 3.13. The topological polar surface area (TPSA) is 67.2 Å². The molecular weight excluding hydrogens is 182 g/mol. The zero-order valence-electron chi connectivity index (χ0n) is 8.40. The third kappa shape index (κ3) is 2.85. The molecule has 1 unspecified atom stereocenters. The van der Waals surface area contributed by atoms with Crippen molar-refractivity contribution in [3.05, 3.63) is 18.0 Å². The van der Waals surface area contributed by atoms with E-state index in [4.69, 9.17) is 5.11 Å². The summed E-state index contributed by atoms with van der Waals surface area (Å²) >= 11 is 0.